The quantitative estimate of drug-likeness (QED) is 0.474. The Morgan fingerprint density at radius 3 is 2.56 bits per heavy atom. The summed E-state index contributed by atoms with van der Waals surface area (Å²) in [6, 6.07) is 0. The van der Waals surface area contributed by atoms with Gasteiger partial charge in [-0.05, 0) is 104 Å². The first-order chi connectivity index (χ1) is 16.1. The van der Waals surface area contributed by atoms with Gasteiger partial charge in [-0.2, -0.15) is 4.99 Å². The number of rotatable bonds is 5. The Morgan fingerprint density at radius 2 is 1.88 bits per heavy atom. The minimum absolute atomic E-state index is 0.102. The molecule has 0 bridgehead atoms. The van der Waals surface area contributed by atoms with E-state index in [0.717, 1.165) is 63.6 Å². The fourth-order valence-electron chi connectivity index (χ4n) is 9.88. The van der Waals surface area contributed by atoms with Gasteiger partial charge in [0.05, 0.1) is 18.3 Å². The van der Waals surface area contributed by atoms with Gasteiger partial charge < -0.3 is 20.2 Å². The summed E-state index contributed by atoms with van der Waals surface area (Å²) in [5, 5.41) is 34.1. The molecular weight excluding hydrogens is 428 g/mol. The van der Waals surface area contributed by atoms with Crippen molar-refractivity contribution >= 4 is 5.84 Å². The van der Waals surface area contributed by atoms with E-state index in [1.54, 1.807) is 0 Å². The summed E-state index contributed by atoms with van der Waals surface area (Å²) in [7, 11) is 0. The van der Waals surface area contributed by atoms with Crippen molar-refractivity contribution in [1.29, 1.82) is 0 Å². The molecule has 34 heavy (non-hydrogen) atoms. The van der Waals surface area contributed by atoms with Crippen molar-refractivity contribution in [3.63, 3.8) is 0 Å². The van der Waals surface area contributed by atoms with Gasteiger partial charge >= 0.3 is 0 Å². The van der Waals surface area contributed by atoms with Crippen LogP contribution in [0, 0.1) is 52.3 Å². The molecule has 4 N–H and O–H groups in total. The number of aliphatic hydroxyl groups excluding tert-OH is 3. The lowest BCUT2D eigenvalue weighted by Gasteiger charge is -2.65. The summed E-state index contributed by atoms with van der Waals surface area (Å²) in [6.07, 6.45) is 7.55. The molecule has 4 saturated carbocycles. The molecule has 0 radical (unpaired) electrons. The van der Waals surface area contributed by atoms with E-state index in [9.17, 15) is 15.3 Å². The molecule has 12 atom stereocenters. The van der Waals surface area contributed by atoms with Gasteiger partial charge in [0.1, 0.15) is 5.84 Å². The van der Waals surface area contributed by atoms with Gasteiger partial charge in [-0.25, -0.2) is 5.48 Å². The van der Waals surface area contributed by atoms with Crippen LogP contribution >= 0.6 is 0 Å². The average Bonchev–Trinajstić information content (AvgIpc) is 3.38. The van der Waals surface area contributed by atoms with Crippen LogP contribution in [-0.2, 0) is 4.84 Å². The van der Waals surface area contributed by atoms with Crippen LogP contribution in [0.5, 0.6) is 0 Å². The molecule has 4 fully saturated rings. The minimum Gasteiger partial charge on any atom is -0.393 e. The number of fused-ring (bicyclic) bond motifs is 5. The van der Waals surface area contributed by atoms with Gasteiger partial charge in [0.25, 0.3) is 0 Å². The van der Waals surface area contributed by atoms with E-state index < -0.39 is 0 Å². The molecule has 3 unspecified atom stereocenters. The number of hydrogen-bond acceptors (Lipinski definition) is 6. The Morgan fingerprint density at radius 1 is 1.12 bits per heavy atom. The third-order valence-corrected chi connectivity index (χ3v) is 11.6. The first kappa shape index (κ1) is 24.6. The highest BCUT2D eigenvalue weighted by Crippen LogP contribution is 2.69. The molecule has 0 aromatic rings. The van der Waals surface area contributed by atoms with Crippen molar-refractivity contribution in [3.8, 4) is 0 Å². The van der Waals surface area contributed by atoms with Crippen molar-refractivity contribution < 1.29 is 20.2 Å². The Labute approximate surface area is 205 Å². The molecule has 6 heteroatoms. The predicted molar refractivity (Wildman–Crippen MR) is 132 cm³/mol. The lowest BCUT2D eigenvalue weighted by molar-refractivity contribution is -0.228. The highest BCUT2D eigenvalue weighted by molar-refractivity contribution is 5.83. The number of aliphatic hydroxyl groups is 3. The average molecular weight is 475 g/mol. The van der Waals surface area contributed by atoms with Crippen LogP contribution < -0.4 is 5.48 Å². The second kappa shape index (κ2) is 8.77. The van der Waals surface area contributed by atoms with Crippen molar-refractivity contribution in [2.24, 2.45) is 57.2 Å². The maximum Gasteiger partial charge on any atom is 0.240 e. The van der Waals surface area contributed by atoms with Crippen LogP contribution in [0.3, 0.4) is 0 Å². The van der Waals surface area contributed by atoms with Crippen molar-refractivity contribution in [2.75, 3.05) is 0 Å². The SMILES string of the molecule is C=C1N=C(CC[C@@H](C)[C@H]2CCC3C4C(C[C@H](O)[C@@]32C)[C@@]2(C)CC[C@@H](O)C[C@H]2[C@@H](CC)[C@H]4O)NO1. The third-order valence-electron chi connectivity index (χ3n) is 11.6. The van der Waals surface area contributed by atoms with Gasteiger partial charge in [-0.1, -0.05) is 34.1 Å². The van der Waals surface area contributed by atoms with Gasteiger partial charge in [0, 0.05) is 6.42 Å². The maximum absolute atomic E-state index is 11.8. The molecule has 1 heterocycles. The molecule has 0 aromatic heterocycles. The van der Waals surface area contributed by atoms with E-state index in [1.165, 1.54) is 0 Å². The van der Waals surface area contributed by atoms with E-state index in [4.69, 9.17) is 4.84 Å². The number of hydroxylamine groups is 1. The standard InChI is InChI=1S/C28H46N2O4/c1-6-18-21-13-17(31)11-12-27(21,4)22-14-23(32)28(5)19(8-9-20(28)25(22)26(18)33)15(2)7-10-24-29-16(3)34-30-24/h15,17-23,25-26,31-33H,3,6-14H2,1-2,4-5H3,(H,29,30)/t15-,17-,18-,19-,20?,21+,22?,23+,25?,26-,27+,28-/m1/s1. The van der Waals surface area contributed by atoms with E-state index >= 15 is 0 Å². The maximum atomic E-state index is 11.8. The molecule has 4 aliphatic carbocycles. The second-order valence-corrected chi connectivity index (χ2v) is 12.9. The van der Waals surface area contributed by atoms with Crippen molar-refractivity contribution in [3.05, 3.63) is 12.5 Å². The van der Waals surface area contributed by atoms with Crippen LogP contribution in [0.2, 0.25) is 0 Å². The highest BCUT2D eigenvalue weighted by atomic mass is 16.7. The molecule has 0 spiro atoms. The fraction of sp³-hybridized carbons (Fsp3) is 0.893. The molecule has 192 valence electrons. The molecule has 1 aliphatic heterocycles. The van der Waals surface area contributed by atoms with Gasteiger partial charge in [0.2, 0.25) is 5.88 Å². The van der Waals surface area contributed by atoms with Crippen LogP contribution in [0.1, 0.15) is 85.5 Å². The van der Waals surface area contributed by atoms with Crippen molar-refractivity contribution in [1.82, 2.24) is 5.48 Å². The van der Waals surface area contributed by atoms with E-state index in [2.05, 4.69) is 44.7 Å². The summed E-state index contributed by atoms with van der Waals surface area (Å²) in [5.41, 5.74) is 2.80. The lowest BCUT2D eigenvalue weighted by Crippen LogP contribution is -2.65. The molecular formula is C28H46N2O4. The topological polar surface area (TPSA) is 94.3 Å². The molecule has 5 aliphatic rings. The van der Waals surface area contributed by atoms with E-state index in [1.807, 2.05) is 0 Å². The Hall–Kier alpha value is -1.11. The minimum atomic E-state index is -0.339. The zero-order chi connectivity index (χ0) is 24.4. The summed E-state index contributed by atoms with van der Waals surface area (Å²) in [4.78, 5) is 9.49. The Balaban J connectivity index is 1.40. The Bertz CT molecular complexity index is 831. The largest absolute Gasteiger partial charge is 0.393 e. The number of amidine groups is 1. The first-order valence-electron chi connectivity index (χ1n) is 13.8. The smallest absolute Gasteiger partial charge is 0.240 e. The van der Waals surface area contributed by atoms with Gasteiger partial charge in [-0.3, -0.25) is 0 Å². The zero-order valence-corrected chi connectivity index (χ0v) is 21.5. The van der Waals surface area contributed by atoms with Crippen LogP contribution in [0.25, 0.3) is 0 Å². The molecule has 5 rings (SSSR count). The summed E-state index contributed by atoms with van der Waals surface area (Å²) in [5.74, 6) is 3.69. The number of nitrogens with zero attached hydrogens (tertiary/aromatic N) is 1. The summed E-state index contributed by atoms with van der Waals surface area (Å²) < 4.78 is 0. The molecule has 0 aromatic carbocycles. The number of nitrogens with one attached hydrogen (secondary N) is 1. The molecule has 0 saturated heterocycles. The fourth-order valence-corrected chi connectivity index (χ4v) is 9.88. The summed E-state index contributed by atoms with van der Waals surface area (Å²) in [6.45, 7) is 13.0. The van der Waals surface area contributed by atoms with E-state index in [-0.39, 0.29) is 41.0 Å². The predicted octanol–water partition coefficient (Wildman–Crippen LogP) is 4.40. The number of aliphatic imine (C=N–C) groups is 1. The highest BCUT2D eigenvalue weighted by Gasteiger charge is 2.67. The van der Waals surface area contributed by atoms with Crippen LogP contribution in [0.4, 0.5) is 0 Å². The number of hydrogen-bond donors (Lipinski definition) is 4. The van der Waals surface area contributed by atoms with Crippen molar-refractivity contribution in [2.45, 2.75) is 104 Å². The third kappa shape index (κ3) is 3.57. The van der Waals surface area contributed by atoms with E-state index in [0.29, 0.717) is 35.5 Å². The van der Waals surface area contributed by atoms with Crippen LogP contribution in [-0.4, -0.2) is 39.5 Å². The lowest BCUT2D eigenvalue weighted by atomic mass is 9.41. The second-order valence-electron chi connectivity index (χ2n) is 12.9. The normalized spacial score (nSPS) is 51.0. The summed E-state index contributed by atoms with van der Waals surface area (Å²) >= 11 is 0. The molecule has 6 nitrogen and oxygen atoms in total. The first-order valence-corrected chi connectivity index (χ1v) is 13.8. The molecule has 0 amide bonds. The Kier molecular flexibility index (Phi) is 6.34. The van der Waals surface area contributed by atoms with Crippen LogP contribution in [0.15, 0.2) is 17.5 Å². The van der Waals surface area contributed by atoms with Gasteiger partial charge in [-0.15, -0.1) is 0 Å². The monoisotopic (exact) mass is 474 g/mol. The zero-order valence-electron chi connectivity index (χ0n) is 21.5. The van der Waals surface area contributed by atoms with Gasteiger partial charge in [0.15, 0.2) is 0 Å².